The molecule has 0 atom stereocenters. The third-order valence-corrected chi connectivity index (χ3v) is 3.56. The molecule has 0 aliphatic carbocycles. The van der Waals surface area contributed by atoms with Crippen LogP contribution in [0, 0.1) is 0 Å². The predicted octanol–water partition coefficient (Wildman–Crippen LogP) is 3.32. The topological polar surface area (TPSA) is 31.2 Å². The molecular weight excluding hydrogens is 250 g/mol. The van der Waals surface area contributed by atoms with Crippen LogP contribution >= 0.6 is 11.6 Å². The van der Waals surface area contributed by atoms with Crippen LogP contribution in [0.5, 0.6) is 0 Å². The van der Waals surface area contributed by atoms with E-state index in [4.69, 9.17) is 16.3 Å². The fraction of sp³-hybridized carbons (Fsp3) is 0.357. The summed E-state index contributed by atoms with van der Waals surface area (Å²) in [6, 6.07) is 5.97. The monoisotopic (exact) mass is 265 g/mol. The maximum Gasteiger partial charge on any atom is 0.153 e. The average molecular weight is 266 g/mol. The minimum absolute atomic E-state index is 0.498. The summed E-state index contributed by atoms with van der Waals surface area (Å²) in [4.78, 5) is 11.2. The summed E-state index contributed by atoms with van der Waals surface area (Å²) in [5.74, 6) is 0. The highest BCUT2D eigenvalue weighted by Crippen LogP contribution is 2.31. The van der Waals surface area contributed by atoms with Crippen molar-refractivity contribution in [1.82, 2.24) is 4.57 Å². The van der Waals surface area contributed by atoms with E-state index >= 15 is 0 Å². The number of aromatic nitrogens is 1. The molecule has 0 fully saturated rings. The molecule has 3 nitrogen and oxygen atoms in total. The van der Waals surface area contributed by atoms with E-state index in [9.17, 15) is 4.79 Å². The number of methoxy groups -OCH3 is 1. The molecule has 0 saturated carbocycles. The molecule has 0 amide bonds. The van der Waals surface area contributed by atoms with Gasteiger partial charge in [-0.1, -0.05) is 36.7 Å². The van der Waals surface area contributed by atoms with E-state index in [1.807, 2.05) is 16.7 Å². The van der Waals surface area contributed by atoms with Gasteiger partial charge in [0.15, 0.2) is 6.29 Å². The zero-order valence-corrected chi connectivity index (χ0v) is 11.3. The van der Waals surface area contributed by atoms with Crippen LogP contribution in [0.15, 0.2) is 18.2 Å². The van der Waals surface area contributed by atoms with Crippen LogP contribution in [0.3, 0.4) is 0 Å². The summed E-state index contributed by atoms with van der Waals surface area (Å²) in [6.07, 6.45) is 1.73. The lowest BCUT2D eigenvalue weighted by Crippen LogP contribution is -2.05. The number of nitrogens with zero attached hydrogens (tertiary/aromatic N) is 1. The molecule has 2 rings (SSSR count). The van der Waals surface area contributed by atoms with Gasteiger partial charge in [-0.2, -0.15) is 0 Å². The molecule has 0 aliphatic rings. The second-order valence-corrected chi connectivity index (χ2v) is 4.49. The lowest BCUT2D eigenvalue weighted by molar-refractivity contribution is 0.112. The lowest BCUT2D eigenvalue weighted by atomic mass is 10.1. The fourth-order valence-electron chi connectivity index (χ4n) is 2.27. The van der Waals surface area contributed by atoms with Gasteiger partial charge in [0.2, 0.25) is 0 Å². The maximum atomic E-state index is 11.2. The highest BCUT2D eigenvalue weighted by Gasteiger charge is 2.16. The van der Waals surface area contributed by atoms with E-state index in [0.29, 0.717) is 23.9 Å². The Morgan fingerprint density at radius 3 is 2.83 bits per heavy atom. The first-order chi connectivity index (χ1) is 8.74. The van der Waals surface area contributed by atoms with Crippen LogP contribution in [0.4, 0.5) is 0 Å². The summed E-state index contributed by atoms with van der Waals surface area (Å²) in [7, 11) is 1.65. The number of aryl methyl sites for hydroxylation is 1. The Bertz CT molecular complexity index is 575. The number of para-hydroxylation sites is 1. The standard InChI is InChI=1S/C14H16ClNO2/c1-3-10-5-4-6-11-12(9-17)14(15)16(13(10)11)7-8-18-2/h4-6,9H,3,7-8H2,1-2H3. The normalized spacial score (nSPS) is 11.1. The first-order valence-corrected chi connectivity index (χ1v) is 6.36. The van der Waals surface area contributed by atoms with Gasteiger partial charge in [-0.05, 0) is 12.0 Å². The van der Waals surface area contributed by atoms with Gasteiger partial charge in [-0.25, -0.2) is 0 Å². The Labute approximate surface area is 111 Å². The molecule has 4 heteroatoms. The smallest absolute Gasteiger partial charge is 0.153 e. The Morgan fingerprint density at radius 2 is 2.22 bits per heavy atom. The zero-order valence-electron chi connectivity index (χ0n) is 10.6. The highest BCUT2D eigenvalue weighted by atomic mass is 35.5. The summed E-state index contributed by atoms with van der Waals surface area (Å²) >= 11 is 6.29. The van der Waals surface area contributed by atoms with Crippen molar-refractivity contribution in [2.24, 2.45) is 0 Å². The van der Waals surface area contributed by atoms with E-state index < -0.39 is 0 Å². The van der Waals surface area contributed by atoms with Crippen molar-refractivity contribution in [2.45, 2.75) is 19.9 Å². The predicted molar refractivity (Wildman–Crippen MR) is 73.6 cm³/mol. The van der Waals surface area contributed by atoms with Crippen LogP contribution in [0.25, 0.3) is 10.9 Å². The number of carbonyl (C=O) groups is 1. The Morgan fingerprint density at radius 1 is 1.44 bits per heavy atom. The molecule has 18 heavy (non-hydrogen) atoms. The molecule has 0 aliphatic heterocycles. The van der Waals surface area contributed by atoms with Crippen molar-refractivity contribution in [3.05, 3.63) is 34.5 Å². The molecule has 0 radical (unpaired) electrons. The number of ether oxygens (including phenoxy) is 1. The number of benzene rings is 1. The molecular formula is C14H16ClNO2. The lowest BCUT2D eigenvalue weighted by Gasteiger charge is -2.09. The number of aldehydes is 1. The van der Waals surface area contributed by atoms with E-state index in [1.54, 1.807) is 7.11 Å². The van der Waals surface area contributed by atoms with Crippen LogP contribution < -0.4 is 0 Å². The summed E-state index contributed by atoms with van der Waals surface area (Å²) in [5.41, 5.74) is 2.81. The van der Waals surface area contributed by atoms with Crippen LogP contribution in [0.1, 0.15) is 22.8 Å². The summed E-state index contributed by atoms with van der Waals surface area (Å²) < 4.78 is 7.06. The minimum atomic E-state index is 0.498. The van der Waals surface area contributed by atoms with Crippen LogP contribution in [0.2, 0.25) is 5.15 Å². The van der Waals surface area contributed by atoms with Gasteiger partial charge >= 0.3 is 0 Å². The first-order valence-electron chi connectivity index (χ1n) is 5.98. The van der Waals surface area contributed by atoms with Gasteiger partial charge < -0.3 is 9.30 Å². The third-order valence-electron chi connectivity index (χ3n) is 3.16. The van der Waals surface area contributed by atoms with Gasteiger partial charge in [-0.15, -0.1) is 0 Å². The van der Waals surface area contributed by atoms with E-state index in [1.165, 1.54) is 5.56 Å². The molecule has 0 N–H and O–H groups in total. The SMILES string of the molecule is CCc1cccc2c(C=O)c(Cl)n(CCOC)c12. The van der Waals surface area contributed by atoms with Gasteiger partial charge in [0.1, 0.15) is 5.15 Å². The Balaban J connectivity index is 2.73. The van der Waals surface area contributed by atoms with Crippen molar-refractivity contribution in [2.75, 3.05) is 13.7 Å². The van der Waals surface area contributed by atoms with Crippen molar-refractivity contribution >= 4 is 28.8 Å². The molecule has 1 heterocycles. The highest BCUT2D eigenvalue weighted by molar-refractivity contribution is 6.34. The van der Waals surface area contributed by atoms with Crippen LogP contribution in [-0.2, 0) is 17.7 Å². The second kappa shape index (κ2) is 5.55. The van der Waals surface area contributed by atoms with Gasteiger partial charge in [0.25, 0.3) is 0 Å². The third kappa shape index (κ3) is 2.04. The summed E-state index contributed by atoms with van der Waals surface area (Å²) in [6.45, 7) is 3.31. The van der Waals surface area contributed by atoms with Crippen molar-refractivity contribution in [3.63, 3.8) is 0 Å². The molecule has 0 saturated heterocycles. The van der Waals surface area contributed by atoms with E-state index in [2.05, 4.69) is 13.0 Å². The molecule has 96 valence electrons. The summed E-state index contributed by atoms with van der Waals surface area (Å²) in [5, 5.41) is 1.42. The quantitative estimate of drug-likeness (QED) is 0.777. The molecule has 1 aromatic carbocycles. The van der Waals surface area contributed by atoms with Crippen molar-refractivity contribution < 1.29 is 9.53 Å². The number of hydrogen-bond donors (Lipinski definition) is 0. The Kier molecular flexibility index (Phi) is 4.04. The van der Waals surface area contributed by atoms with Crippen molar-refractivity contribution in [1.29, 1.82) is 0 Å². The average Bonchev–Trinajstić information content (AvgIpc) is 2.67. The second-order valence-electron chi connectivity index (χ2n) is 4.13. The van der Waals surface area contributed by atoms with Gasteiger partial charge in [0.05, 0.1) is 17.7 Å². The number of halogens is 1. The largest absolute Gasteiger partial charge is 0.383 e. The Hall–Kier alpha value is -1.32. The molecule has 1 aromatic heterocycles. The van der Waals surface area contributed by atoms with Crippen LogP contribution in [-0.4, -0.2) is 24.6 Å². The number of hydrogen-bond acceptors (Lipinski definition) is 2. The number of fused-ring (bicyclic) bond motifs is 1. The van der Waals surface area contributed by atoms with Gasteiger partial charge in [0, 0.05) is 19.0 Å². The van der Waals surface area contributed by atoms with E-state index in [0.717, 1.165) is 23.6 Å². The zero-order chi connectivity index (χ0) is 13.1. The van der Waals surface area contributed by atoms with Crippen molar-refractivity contribution in [3.8, 4) is 0 Å². The van der Waals surface area contributed by atoms with E-state index in [-0.39, 0.29) is 0 Å². The molecule has 0 unspecified atom stereocenters. The first kappa shape index (κ1) is 13.1. The molecule has 0 spiro atoms. The van der Waals surface area contributed by atoms with Gasteiger partial charge in [-0.3, -0.25) is 4.79 Å². The number of carbonyl (C=O) groups excluding carboxylic acids is 1. The fourth-order valence-corrected chi connectivity index (χ4v) is 2.59. The number of rotatable bonds is 5. The molecule has 2 aromatic rings. The molecule has 0 bridgehead atoms. The minimum Gasteiger partial charge on any atom is -0.383 e. The maximum absolute atomic E-state index is 11.2.